The van der Waals surface area contributed by atoms with Gasteiger partial charge in [0.1, 0.15) is 0 Å². The van der Waals surface area contributed by atoms with E-state index in [2.05, 4.69) is 27.8 Å². The summed E-state index contributed by atoms with van der Waals surface area (Å²) in [5.41, 5.74) is 0. The van der Waals surface area contributed by atoms with E-state index in [1.54, 1.807) is 0 Å². The summed E-state index contributed by atoms with van der Waals surface area (Å²) in [6, 6.07) is 0.104. The first-order chi connectivity index (χ1) is 8.65. The number of rotatable bonds is 6. The molecule has 0 aromatic rings. The second-order valence-corrected chi connectivity index (χ2v) is 4.56. The first-order valence-corrected chi connectivity index (χ1v) is 6.63. The molecule has 1 aliphatic heterocycles. The average Bonchev–Trinajstić information content (AvgIpc) is 2.87. The number of likely N-dealkylation sites (N-methyl/N-ethyl adjacent to an activating group) is 1. The van der Waals surface area contributed by atoms with Gasteiger partial charge in [0.15, 0.2) is 0 Å². The molecular weight excluding hydrogens is 232 g/mol. The maximum atomic E-state index is 11.5. The number of carbonyl (C=O) groups is 2. The molecule has 18 heavy (non-hydrogen) atoms. The van der Waals surface area contributed by atoms with E-state index in [1.165, 1.54) is 19.9 Å². The van der Waals surface area contributed by atoms with Gasteiger partial charge in [-0.1, -0.05) is 6.92 Å². The summed E-state index contributed by atoms with van der Waals surface area (Å²) in [4.78, 5) is 24.6. The number of nitrogens with zero attached hydrogens (tertiary/aromatic N) is 1. The second-order valence-electron chi connectivity index (χ2n) is 4.56. The first kappa shape index (κ1) is 14.9. The van der Waals surface area contributed by atoms with Crippen LogP contribution in [0.4, 0.5) is 4.79 Å². The van der Waals surface area contributed by atoms with Crippen molar-refractivity contribution in [2.24, 2.45) is 0 Å². The fourth-order valence-corrected chi connectivity index (χ4v) is 2.11. The maximum Gasteiger partial charge on any atom is 0.321 e. The number of carbonyl (C=O) groups excluding carboxylic acids is 2. The number of nitrogens with one attached hydrogen (secondary N) is 3. The Labute approximate surface area is 108 Å². The molecule has 1 unspecified atom stereocenters. The van der Waals surface area contributed by atoms with Gasteiger partial charge in [-0.3, -0.25) is 10.1 Å². The molecule has 0 aromatic carbocycles. The normalized spacial score (nSPS) is 18.9. The lowest BCUT2D eigenvalue weighted by molar-refractivity contribution is -0.120. The minimum atomic E-state index is -0.444. The molecule has 1 rings (SSSR count). The Morgan fingerprint density at radius 2 is 2.22 bits per heavy atom. The van der Waals surface area contributed by atoms with Gasteiger partial charge < -0.3 is 15.5 Å². The molecule has 0 saturated carbocycles. The predicted octanol–water partition coefficient (Wildman–Crippen LogP) is -0.0940. The summed E-state index contributed by atoms with van der Waals surface area (Å²) >= 11 is 0. The van der Waals surface area contributed by atoms with Gasteiger partial charge >= 0.3 is 6.03 Å². The first-order valence-electron chi connectivity index (χ1n) is 6.63. The van der Waals surface area contributed by atoms with E-state index < -0.39 is 6.03 Å². The van der Waals surface area contributed by atoms with E-state index >= 15 is 0 Å². The molecule has 104 valence electrons. The minimum Gasteiger partial charge on any atom is -0.341 e. The van der Waals surface area contributed by atoms with E-state index in [1.807, 2.05) is 0 Å². The molecule has 3 amide bonds. The van der Waals surface area contributed by atoms with Crippen LogP contribution in [-0.4, -0.2) is 56.1 Å². The van der Waals surface area contributed by atoms with Gasteiger partial charge in [-0.05, 0) is 25.9 Å². The van der Waals surface area contributed by atoms with Crippen molar-refractivity contribution in [2.45, 2.75) is 32.2 Å². The molecule has 1 heterocycles. The Morgan fingerprint density at radius 3 is 2.78 bits per heavy atom. The van der Waals surface area contributed by atoms with Gasteiger partial charge in [0.05, 0.1) is 0 Å². The molecule has 0 spiro atoms. The van der Waals surface area contributed by atoms with Crippen molar-refractivity contribution < 1.29 is 9.59 Å². The third kappa shape index (κ3) is 5.46. The molecule has 0 aromatic heterocycles. The van der Waals surface area contributed by atoms with Crippen LogP contribution in [0.2, 0.25) is 0 Å². The summed E-state index contributed by atoms with van der Waals surface area (Å²) in [5, 5.41) is 8.08. The van der Waals surface area contributed by atoms with Crippen molar-refractivity contribution in [3.63, 3.8) is 0 Å². The van der Waals surface area contributed by atoms with E-state index in [0.29, 0.717) is 19.0 Å². The number of hydrogen-bond donors (Lipinski definition) is 3. The van der Waals surface area contributed by atoms with Crippen LogP contribution in [0.15, 0.2) is 0 Å². The average molecular weight is 256 g/mol. The van der Waals surface area contributed by atoms with Gasteiger partial charge in [0.25, 0.3) is 0 Å². The molecule has 1 aliphatic rings. The largest absolute Gasteiger partial charge is 0.341 e. The highest BCUT2D eigenvalue weighted by Crippen LogP contribution is 2.07. The van der Waals surface area contributed by atoms with Crippen LogP contribution < -0.4 is 16.0 Å². The lowest BCUT2D eigenvalue weighted by Gasteiger charge is -2.23. The minimum absolute atomic E-state index is 0.229. The Bertz CT molecular complexity index is 277. The van der Waals surface area contributed by atoms with Crippen molar-refractivity contribution in [2.75, 3.05) is 33.2 Å². The number of hydrogen-bond acceptors (Lipinski definition) is 4. The van der Waals surface area contributed by atoms with Crippen molar-refractivity contribution in [3.8, 4) is 0 Å². The summed E-state index contributed by atoms with van der Waals surface area (Å²) in [6.07, 6.45) is 2.80. The van der Waals surface area contributed by atoms with Crippen molar-refractivity contribution in [1.29, 1.82) is 0 Å². The molecular formula is C12H24N4O2. The molecule has 0 aliphatic carbocycles. The Kier molecular flexibility index (Phi) is 6.67. The Hall–Kier alpha value is -1.14. The van der Waals surface area contributed by atoms with Crippen LogP contribution >= 0.6 is 0 Å². The molecule has 0 radical (unpaired) electrons. The second kappa shape index (κ2) is 8.05. The number of amides is 3. The number of imide groups is 1. The van der Waals surface area contributed by atoms with Crippen LogP contribution in [0.25, 0.3) is 0 Å². The Morgan fingerprint density at radius 1 is 1.44 bits per heavy atom. The zero-order chi connectivity index (χ0) is 13.4. The third-order valence-corrected chi connectivity index (χ3v) is 3.22. The standard InChI is InChI=1S/C12H24N4O2/c1-3-16(9-10-5-4-7-14-10)8-6-11(17)15-12(18)13-2/h10,14H,3-9H2,1-2H3,(H2,13,15,17,18). The zero-order valence-electron chi connectivity index (χ0n) is 11.3. The SMILES string of the molecule is CCN(CCC(=O)NC(=O)NC)CC1CCCN1. The number of urea groups is 1. The summed E-state index contributed by atoms with van der Waals surface area (Å²) in [7, 11) is 1.49. The van der Waals surface area contributed by atoms with Gasteiger partial charge in [0, 0.05) is 32.6 Å². The maximum absolute atomic E-state index is 11.5. The molecule has 1 fully saturated rings. The fourth-order valence-electron chi connectivity index (χ4n) is 2.11. The van der Waals surface area contributed by atoms with Gasteiger partial charge in [-0.2, -0.15) is 0 Å². The summed E-state index contributed by atoms with van der Waals surface area (Å²) in [6.45, 7) is 5.78. The van der Waals surface area contributed by atoms with Crippen LogP contribution in [0.5, 0.6) is 0 Å². The summed E-state index contributed by atoms with van der Waals surface area (Å²) < 4.78 is 0. The van der Waals surface area contributed by atoms with E-state index in [4.69, 9.17) is 0 Å². The monoisotopic (exact) mass is 256 g/mol. The van der Waals surface area contributed by atoms with Crippen LogP contribution in [0, 0.1) is 0 Å². The van der Waals surface area contributed by atoms with Gasteiger partial charge in [0.2, 0.25) is 5.91 Å². The van der Waals surface area contributed by atoms with Gasteiger partial charge in [-0.15, -0.1) is 0 Å². The lowest BCUT2D eigenvalue weighted by Crippen LogP contribution is -2.41. The smallest absolute Gasteiger partial charge is 0.321 e. The molecule has 6 heteroatoms. The fraction of sp³-hybridized carbons (Fsp3) is 0.833. The van der Waals surface area contributed by atoms with Crippen LogP contribution in [0.3, 0.4) is 0 Å². The van der Waals surface area contributed by atoms with E-state index in [-0.39, 0.29) is 5.91 Å². The molecule has 3 N–H and O–H groups in total. The highest BCUT2D eigenvalue weighted by molar-refractivity contribution is 5.94. The van der Waals surface area contributed by atoms with Crippen LogP contribution in [0.1, 0.15) is 26.2 Å². The topological polar surface area (TPSA) is 73.5 Å². The van der Waals surface area contributed by atoms with Crippen molar-refractivity contribution >= 4 is 11.9 Å². The quantitative estimate of drug-likeness (QED) is 0.621. The lowest BCUT2D eigenvalue weighted by atomic mass is 10.2. The predicted molar refractivity (Wildman–Crippen MR) is 70.4 cm³/mol. The van der Waals surface area contributed by atoms with Crippen molar-refractivity contribution in [1.82, 2.24) is 20.9 Å². The van der Waals surface area contributed by atoms with Crippen molar-refractivity contribution in [3.05, 3.63) is 0 Å². The van der Waals surface area contributed by atoms with Crippen LogP contribution in [-0.2, 0) is 4.79 Å². The Balaban J connectivity index is 2.21. The molecule has 0 bridgehead atoms. The van der Waals surface area contributed by atoms with Gasteiger partial charge in [-0.25, -0.2) is 4.79 Å². The molecule has 6 nitrogen and oxygen atoms in total. The zero-order valence-corrected chi connectivity index (χ0v) is 11.3. The highest BCUT2D eigenvalue weighted by atomic mass is 16.2. The van der Waals surface area contributed by atoms with E-state index in [9.17, 15) is 9.59 Å². The molecule has 1 atom stereocenters. The van der Waals surface area contributed by atoms with E-state index in [0.717, 1.165) is 19.6 Å². The highest BCUT2D eigenvalue weighted by Gasteiger charge is 2.17. The summed E-state index contributed by atoms with van der Waals surface area (Å²) in [5.74, 6) is -0.229. The molecule has 1 saturated heterocycles. The third-order valence-electron chi connectivity index (χ3n) is 3.22.